The van der Waals surface area contributed by atoms with Gasteiger partial charge >= 0.3 is 0 Å². The van der Waals surface area contributed by atoms with E-state index in [-0.39, 0.29) is 18.0 Å². The molecule has 7 nitrogen and oxygen atoms in total. The van der Waals surface area contributed by atoms with E-state index < -0.39 is 0 Å². The van der Waals surface area contributed by atoms with Crippen molar-refractivity contribution in [1.29, 1.82) is 0 Å². The molecule has 1 fully saturated rings. The Labute approximate surface area is 200 Å². The molecule has 2 aliphatic heterocycles. The second-order valence-electron chi connectivity index (χ2n) is 8.65. The Hall–Kier alpha value is -2.61. The number of nitrogens with one attached hydrogen (secondary N) is 1. The number of likely N-dealkylation sites (tertiary alicyclic amines) is 1. The molecule has 0 spiro atoms. The Balaban J connectivity index is 0.00000259. The highest BCUT2D eigenvalue weighted by Crippen LogP contribution is 2.29. The molecule has 0 radical (unpaired) electrons. The van der Waals surface area contributed by atoms with Gasteiger partial charge in [-0.3, -0.25) is 9.78 Å². The van der Waals surface area contributed by atoms with Crippen molar-refractivity contribution in [3.63, 3.8) is 0 Å². The van der Waals surface area contributed by atoms with E-state index in [9.17, 15) is 4.79 Å². The second kappa shape index (κ2) is 10.5. The molecule has 1 saturated heterocycles. The minimum Gasteiger partial charge on any atom is -0.486 e. The number of hydrogen-bond donors (Lipinski definition) is 1. The maximum Gasteiger partial charge on any atom is 0.250 e. The predicted octanol–water partition coefficient (Wildman–Crippen LogP) is 2.92. The minimum absolute atomic E-state index is 0. The lowest BCUT2D eigenvalue weighted by atomic mass is 10.0. The monoisotopic (exact) mass is 470 g/mol. The largest absolute Gasteiger partial charge is 0.486 e. The van der Waals surface area contributed by atoms with Crippen molar-refractivity contribution >= 4 is 23.3 Å². The first-order valence-corrected chi connectivity index (χ1v) is 11.5. The normalized spacial score (nSPS) is 16.5. The van der Waals surface area contributed by atoms with E-state index in [2.05, 4.69) is 33.4 Å². The molecule has 3 aromatic rings. The summed E-state index contributed by atoms with van der Waals surface area (Å²) in [5.41, 5.74) is 3.33. The molecule has 0 saturated carbocycles. The molecule has 1 aromatic carbocycles. The summed E-state index contributed by atoms with van der Waals surface area (Å²) < 4.78 is 13.0. The molecule has 1 N–H and O–H groups in total. The van der Waals surface area contributed by atoms with E-state index in [4.69, 9.17) is 9.47 Å². The molecular formula is C25H31ClN4O3. The lowest BCUT2D eigenvalue weighted by Gasteiger charge is -2.32. The highest BCUT2D eigenvalue weighted by molar-refractivity contribution is 5.85. The lowest BCUT2D eigenvalue weighted by molar-refractivity contribution is 0.170. The summed E-state index contributed by atoms with van der Waals surface area (Å²) in [5.74, 6) is 1.53. The van der Waals surface area contributed by atoms with Gasteiger partial charge < -0.3 is 24.3 Å². The standard InChI is InChI=1S/C25H30N4O3.ClH/c1-28-24(30)6-5-18-3-2-4-19(25(18)28)7-10-29-11-8-20(9-12-29)26-16-21-15-22-23(17-27-21)32-14-13-31-22;/h2-6,15,17,20,26H,7-14,16H2,1H3;1H. The van der Waals surface area contributed by atoms with Gasteiger partial charge in [0.05, 0.1) is 17.4 Å². The molecule has 2 aliphatic rings. The van der Waals surface area contributed by atoms with Crippen LogP contribution in [-0.2, 0) is 20.0 Å². The van der Waals surface area contributed by atoms with Gasteiger partial charge in [-0.25, -0.2) is 0 Å². The number of benzene rings is 1. The topological polar surface area (TPSA) is 68.6 Å². The van der Waals surface area contributed by atoms with Crippen molar-refractivity contribution in [1.82, 2.24) is 19.8 Å². The van der Waals surface area contributed by atoms with Crippen molar-refractivity contribution in [2.24, 2.45) is 7.05 Å². The summed E-state index contributed by atoms with van der Waals surface area (Å²) in [6.45, 7) is 5.09. The van der Waals surface area contributed by atoms with Crippen molar-refractivity contribution in [3.05, 3.63) is 64.2 Å². The number of aromatic nitrogens is 2. The fraction of sp³-hybridized carbons (Fsp3) is 0.440. The number of ether oxygens (including phenoxy) is 2. The van der Waals surface area contributed by atoms with Crippen LogP contribution in [-0.4, -0.2) is 53.3 Å². The van der Waals surface area contributed by atoms with Crippen molar-refractivity contribution < 1.29 is 9.47 Å². The van der Waals surface area contributed by atoms with Gasteiger partial charge in [0.15, 0.2) is 11.5 Å². The van der Waals surface area contributed by atoms with Crippen LogP contribution in [0.15, 0.2) is 47.4 Å². The molecular weight excluding hydrogens is 440 g/mol. The van der Waals surface area contributed by atoms with Gasteiger partial charge in [-0.05, 0) is 49.4 Å². The zero-order valence-corrected chi connectivity index (χ0v) is 19.8. The molecule has 8 heteroatoms. The van der Waals surface area contributed by atoms with E-state index in [0.29, 0.717) is 19.3 Å². The Kier molecular flexibility index (Phi) is 7.53. The minimum atomic E-state index is 0. The molecule has 0 amide bonds. The van der Waals surface area contributed by atoms with Crippen LogP contribution < -0.4 is 20.3 Å². The SMILES string of the molecule is Cl.Cn1c(=O)ccc2cccc(CCN3CCC(NCc4cc5c(cn4)OCCO5)CC3)c21. The van der Waals surface area contributed by atoms with Crippen molar-refractivity contribution in [2.45, 2.75) is 31.8 Å². The predicted molar refractivity (Wildman–Crippen MR) is 132 cm³/mol. The summed E-state index contributed by atoms with van der Waals surface area (Å²) in [6.07, 6.45) is 4.96. The highest BCUT2D eigenvalue weighted by atomic mass is 35.5. The third kappa shape index (κ3) is 5.32. The second-order valence-corrected chi connectivity index (χ2v) is 8.65. The summed E-state index contributed by atoms with van der Waals surface area (Å²) in [5, 5.41) is 4.78. The van der Waals surface area contributed by atoms with E-state index in [1.54, 1.807) is 16.8 Å². The van der Waals surface area contributed by atoms with Gasteiger partial charge in [0.2, 0.25) is 0 Å². The molecule has 0 bridgehead atoms. The Morgan fingerprint density at radius 3 is 2.70 bits per heavy atom. The van der Waals surface area contributed by atoms with Gasteiger partial charge in [-0.2, -0.15) is 0 Å². The van der Waals surface area contributed by atoms with E-state index in [0.717, 1.165) is 73.5 Å². The summed E-state index contributed by atoms with van der Waals surface area (Å²) in [7, 11) is 1.86. The smallest absolute Gasteiger partial charge is 0.250 e. The number of hydrogen-bond acceptors (Lipinski definition) is 6. The maximum atomic E-state index is 12.1. The van der Waals surface area contributed by atoms with Gasteiger partial charge in [0.25, 0.3) is 5.56 Å². The Morgan fingerprint density at radius 1 is 1.09 bits per heavy atom. The molecule has 4 heterocycles. The van der Waals surface area contributed by atoms with E-state index in [1.165, 1.54) is 5.56 Å². The van der Waals surface area contributed by atoms with Gasteiger partial charge in [0.1, 0.15) is 13.2 Å². The molecule has 33 heavy (non-hydrogen) atoms. The summed E-state index contributed by atoms with van der Waals surface area (Å²) >= 11 is 0. The van der Waals surface area contributed by atoms with Crippen LogP contribution in [0.25, 0.3) is 10.9 Å². The van der Waals surface area contributed by atoms with Crippen LogP contribution in [0.4, 0.5) is 0 Å². The number of para-hydroxylation sites is 1. The first-order chi connectivity index (χ1) is 15.7. The van der Waals surface area contributed by atoms with Crippen molar-refractivity contribution in [3.8, 4) is 11.5 Å². The summed E-state index contributed by atoms with van der Waals surface area (Å²) in [6, 6.07) is 12.4. The number of pyridine rings is 2. The molecule has 5 rings (SSSR count). The van der Waals surface area contributed by atoms with E-state index >= 15 is 0 Å². The number of piperidine rings is 1. The highest BCUT2D eigenvalue weighted by Gasteiger charge is 2.20. The van der Waals surface area contributed by atoms with Crippen LogP contribution in [0.1, 0.15) is 24.1 Å². The van der Waals surface area contributed by atoms with Gasteiger partial charge in [0, 0.05) is 38.3 Å². The van der Waals surface area contributed by atoms with Crippen LogP contribution in [0.3, 0.4) is 0 Å². The van der Waals surface area contributed by atoms with Crippen LogP contribution in [0.5, 0.6) is 11.5 Å². The van der Waals surface area contributed by atoms with Crippen molar-refractivity contribution in [2.75, 3.05) is 32.8 Å². The Morgan fingerprint density at radius 2 is 1.88 bits per heavy atom. The average Bonchev–Trinajstić information content (AvgIpc) is 2.84. The lowest BCUT2D eigenvalue weighted by Crippen LogP contribution is -2.43. The number of aryl methyl sites for hydroxylation is 1. The number of fused-ring (bicyclic) bond motifs is 2. The molecule has 2 aromatic heterocycles. The zero-order chi connectivity index (χ0) is 21.9. The number of nitrogens with zero attached hydrogens (tertiary/aromatic N) is 3. The van der Waals surface area contributed by atoms with Gasteiger partial charge in [-0.1, -0.05) is 18.2 Å². The fourth-order valence-corrected chi connectivity index (χ4v) is 4.71. The third-order valence-corrected chi connectivity index (χ3v) is 6.57. The number of rotatable bonds is 6. The third-order valence-electron chi connectivity index (χ3n) is 6.57. The molecule has 0 atom stereocenters. The maximum absolute atomic E-state index is 12.1. The first kappa shape index (κ1) is 23.5. The van der Waals surface area contributed by atoms with Crippen LogP contribution >= 0.6 is 12.4 Å². The fourth-order valence-electron chi connectivity index (χ4n) is 4.71. The molecule has 0 aliphatic carbocycles. The zero-order valence-electron chi connectivity index (χ0n) is 19.0. The van der Waals surface area contributed by atoms with Crippen LogP contribution in [0, 0.1) is 0 Å². The van der Waals surface area contributed by atoms with E-state index in [1.807, 2.05) is 19.2 Å². The molecule has 0 unspecified atom stereocenters. The van der Waals surface area contributed by atoms with Gasteiger partial charge in [-0.15, -0.1) is 12.4 Å². The average molecular weight is 471 g/mol. The molecule has 176 valence electrons. The number of halogens is 1. The quantitative estimate of drug-likeness (QED) is 0.597. The summed E-state index contributed by atoms with van der Waals surface area (Å²) in [4.78, 5) is 19.1. The Bertz CT molecular complexity index is 1160. The first-order valence-electron chi connectivity index (χ1n) is 11.5. The van der Waals surface area contributed by atoms with Crippen LogP contribution in [0.2, 0.25) is 0 Å².